The molecule has 57 valence electrons. The summed E-state index contributed by atoms with van der Waals surface area (Å²) in [6, 6.07) is 4.20. The molecule has 0 heterocycles. The Hall–Kier alpha value is -1.31. The van der Waals surface area contributed by atoms with Crippen LogP contribution in [0.15, 0.2) is 24.8 Å². The van der Waals surface area contributed by atoms with E-state index in [2.05, 4.69) is 12.7 Å². The van der Waals surface area contributed by atoms with E-state index in [1.807, 2.05) is 0 Å². The van der Waals surface area contributed by atoms with Crippen LogP contribution in [0, 0.1) is 11.9 Å². The Labute approximate surface area is 65.1 Å². The highest BCUT2D eigenvalue weighted by Crippen LogP contribution is 2.18. The van der Waals surface area contributed by atoms with Crippen LogP contribution in [-0.2, 0) is 0 Å². The van der Waals surface area contributed by atoms with Crippen LogP contribution in [0.25, 0.3) is 0 Å². The van der Waals surface area contributed by atoms with E-state index in [-0.39, 0.29) is 5.82 Å². The van der Waals surface area contributed by atoms with Crippen molar-refractivity contribution in [3.05, 3.63) is 42.2 Å². The molecular weight excluding hydrogens is 143 g/mol. The lowest BCUT2D eigenvalue weighted by atomic mass is 10.2. The van der Waals surface area contributed by atoms with Gasteiger partial charge in [0, 0.05) is 5.56 Å². The van der Waals surface area contributed by atoms with Crippen LogP contribution >= 0.6 is 0 Å². The number of hydrogen-bond acceptors (Lipinski definition) is 1. The molecule has 0 aliphatic heterocycles. The van der Waals surface area contributed by atoms with Crippen LogP contribution in [0.3, 0.4) is 0 Å². The lowest BCUT2D eigenvalue weighted by Gasteiger charge is -2.02. The zero-order chi connectivity index (χ0) is 8.27. The van der Waals surface area contributed by atoms with Gasteiger partial charge in [0.15, 0.2) is 0 Å². The molecule has 0 unspecified atom stereocenters. The van der Waals surface area contributed by atoms with E-state index >= 15 is 0 Å². The van der Waals surface area contributed by atoms with Crippen molar-refractivity contribution in [1.82, 2.24) is 0 Å². The number of rotatable bonds is 2. The highest BCUT2D eigenvalue weighted by atomic mass is 19.1. The highest BCUT2D eigenvalue weighted by molar-refractivity contribution is 5.37. The number of ether oxygens (including phenoxy) is 1. The topological polar surface area (TPSA) is 9.23 Å². The molecule has 11 heavy (non-hydrogen) atoms. The molecule has 1 nitrogen and oxygen atoms in total. The summed E-state index contributed by atoms with van der Waals surface area (Å²) in [5.41, 5.74) is 0.549. The first-order chi connectivity index (χ1) is 5.27. The largest absolute Gasteiger partial charge is 0.496 e. The zero-order valence-corrected chi connectivity index (χ0v) is 6.23. The standard InChI is InChI=1S/C9H8FO/c1-3-7-6-8(10)4-5-9(7)11-2/h4-6H,1H2,2H3. The van der Waals surface area contributed by atoms with Gasteiger partial charge in [-0.05, 0) is 24.3 Å². The van der Waals surface area contributed by atoms with Crippen LogP contribution < -0.4 is 4.74 Å². The second-order valence-electron chi connectivity index (χ2n) is 2.02. The molecule has 0 atom stereocenters. The molecule has 2 heteroatoms. The van der Waals surface area contributed by atoms with Gasteiger partial charge in [-0.2, -0.15) is 0 Å². The van der Waals surface area contributed by atoms with Crippen molar-refractivity contribution in [2.45, 2.75) is 0 Å². The minimum atomic E-state index is -0.308. The predicted octanol–water partition coefficient (Wildman–Crippen LogP) is 2.17. The number of hydrogen-bond donors (Lipinski definition) is 0. The van der Waals surface area contributed by atoms with Crippen molar-refractivity contribution >= 4 is 0 Å². The second-order valence-corrected chi connectivity index (χ2v) is 2.02. The Morgan fingerprint density at radius 1 is 1.55 bits per heavy atom. The Bertz CT molecular complexity index is 268. The van der Waals surface area contributed by atoms with E-state index in [9.17, 15) is 4.39 Å². The van der Waals surface area contributed by atoms with Crippen LogP contribution in [0.5, 0.6) is 5.75 Å². The summed E-state index contributed by atoms with van der Waals surface area (Å²) in [5, 5.41) is 0. The summed E-state index contributed by atoms with van der Waals surface area (Å²) in [6.07, 6.45) is 2.57. The van der Waals surface area contributed by atoms with Gasteiger partial charge in [-0.3, -0.25) is 0 Å². The number of methoxy groups -OCH3 is 1. The average molecular weight is 151 g/mol. The third kappa shape index (κ3) is 1.58. The van der Waals surface area contributed by atoms with Crippen molar-refractivity contribution < 1.29 is 9.13 Å². The molecule has 0 saturated heterocycles. The van der Waals surface area contributed by atoms with E-state index in [0.29, 0.717) is 11.3 Å². The van der Waals surface area contributed by atoms with Gasteiger partial charge in [-0.25, -0.2) is 4.39 Å². The second kappa shape index (κ2) is 3.19. The Morgan fingerprint density at radius 3 is 2.82 bits per heavy atom. The molecule has 1 rings (SSSR count). The van der Waals surface area contributed by atoms with Gasteiger partial charge < -0.3 is 4.74 Å². The predicted molar refractivity (Wildman–Crippen MR) is 40.9 cm³/mol. The van der Waals surface area contributed by atoms with Gasteiger partial charge in [0.25, 0.3) is 0 Å². The summed E-state index contributed by atoms with van der Waals surface area (Å²) in [7, 11) is 1.52. The molecular formula is C9H8FO. The fourth-order valence-corrected chi connectivity index (χ4v) is 0.818. The first kappa shape index (κ1) is 7.79. The molecule has 1 aromatic carbocycles. The van der Waals surface area contributed by atoms with E-state index < -0.39 is 0 Å². The highest BCUT2D eigenvalue weighted by Gasteiger charge is 1.99. The first-order valence-corrected chi connectivity index (χ1v) is 3.14. The van der Waals surface area contributed by atoms with Crippen LogP contribution in [0.2, 0.25) is 0 Å². The Balaban J connectivity index is 3.16. The minimum Gasteiger partial charge on any atom is -0.496 e. The molecule has 0 aliphatic carbocycles. The summed E-state index contributed by atoms with van der Waals surface area (Å²) in [4.78, 5) is 0. The third-order valence-corrected chi connectivity index (χ3v) is 1.35. The smallest absolute Gasteiger partial charge is 0.126 e. The fraction of sp³-hybridized carbons (Fsp3) is 0.111. The Kier molecular flexibility index (Phi) is 2.26. The average Bonchev–Trinajstić information content (AvgIpc) is 2.04. The fourth-order valence-electron chi connectivity index (χ4n) is 0.818. The minimum absolute atomic E-state index is 0.308. The van der Waals surface area contributed by atoms with Crippen molar-refractivity contribution in [3.8, 4) is 5.75 Å². The molecule has 0 aromatic heterocycles. The van der Waals surface area contributed by atoms with Crippen molar-refractivity contribution in [2.75, 3.05) is 7.11 Å². The van der Waals surface area contributed by atoms with Gasteiger partial charge in [0.2, 0.25) is 0 Å². The van der Waals surface area contributed by atoms with E-state index in [4.69, 9.17) is 4.74 Å². The van der Waals surface area contributed by atoms with E-state index in [1.165, 1.54) is 19.2 Å². The number of halogens is 1. The monoisotopic (exact) mass is 151 g/mol. The lowest BCUT2D eigenvalue weighted by molar-refractivity contribution is 0.411. The number of benzene rings is 1. The Morgan fingerprint density at radius 2 is 2.27 bits per heavy atom. The molecule has 0 aliphatic rings. The molecule has 1 aromatic rings. The molecule has 0 N–H and O–H groups in total. The first-order valence-electron chi connectivity index (χ1n) is 3.14. The lowest BCUT2D eigenvalue weighted by Crippen LogP contribution is -1.87. The molecule has 0 fully saturated rings. The zero-order valence-electron chi connectivity index (χ0n) is 6.23. The van der Waals surface area contributed by atoms with Gasteiger partial charge in [-0.1, -0.05) is 6.58 Å². The van der Waals surface area contributed by atoms with Gasteiger partial charge in [0.1, 0.15) is 11.6 Å². The van der Waals surface area contributed by atoms with Crippen LogP contribution in [0.1, 0.15) is 5.56 Å². The molecule has 0 amide bonds. The molecule has 0 saturated carbocycles. The maximum atomic E-state index is 12.5. The molecule has 0 spiro atoms. The van der Waals surface area contributed by atoms with E-state index in [1.54, 1.807) is 6.07 Å². The van der Waals surface area contributed by atoms with Crippen molar-refractivity contribution in [1.29, 1.82) is 0 Å². The van der Waals surface area contributed by atoms with Crippen molar-refractivity contribution in [3.63, 3.8) is 0 Å². The summed E-state index contributed by atoms with van der Waals surface area (Å²) in [6.45, 7) is 3.41. The molecule has 0 bridgehead atoms. The van der Waals surface area contributed by atoms with Gasteiger partial charge in [0.05, 0.1) is 7.11 Å². The van der Waals surface area contributed by atoms with E-state index in [0.717, 1.165) is 0 Å². The maximum Gasteiger partial charge on any atom is 0.126 e. The summed E-state index contributed by atoms with van der Waals surface area (Å²) >= 11 is 0. The SMILES string of the molecule is C=[C]c1cc(F)ccc1OC. The van der Waals surface area contributed by atoms with Crippen LogP contribution in [0.4, 0.5) is 4.39 Å². The normalized spacial score (nSPS) is 9.27. The molecule has 1 radical (unpaired) electrons. The van der Waals surface area contributed by atoms with Gasteiger partial charge in [-0.15, -0.1) is 0 Å². The van der Waals surface area contributed by atoms with Crippen LogP contribution in [-0.4, -0.2) is 7.11 Å². The van der Waals surface area contributed by atoms with Crippen molar-refractivity contribution in [2.24, 2.45) is 0 Å². The van der Waals surface area contributed by atoms with Gasteiger partial charge >= 0.3 is 0 Å². The summed E-state index contributed by atoms with van der Waals surface area (Å²) in [5.74, 6) is 0.276. The summed E-state index contributed by atoms with van der Waals surface area (Å²) < 4.78 is 17.5. The maximum absolute atomic E-state index is 12.5. The third-order valence-electron chi connectivity index (χ3n) is 1.35. The quantitative estimate of drug-likeness (QED) is 0.629.